The molecule has 1 N–H and O–H groups in total. The first-order chi connectivity index (χ1) is 6.60. The summed E-state index contributed by atoms with van der Waals surface area (Å²) in [6, 6.07) is 0. The molecular formula is C12H26N2. The molecule has 0 amide bonds. The van der Waals surface area contributed by atoms with Gasteiger partial charge >= 0.3 is 0 Å². The molecule has 0 bridgehead atoms. The molecule has 2 nitrogen and oxygen atoms in total. The van der Waals surface area contributed by atoms with E-state index in [-0.39, 0.29) is 0 Å². The summed E-state index contributed by atoms with van der Waals surface area (Å²) in [7, 11) is 0. The smallest absolute Gasteiger partial charge is 0.0187 e. The maximum Gasteiger partial charge on any atom is 0.0187 e. The first-order valence-electron chi connectivity index (χ1n) is 5.67. The fraction of sp³-hybridized carbons (Fsp3) is 0.833. The van der Waals surface area contributed by atoms with Gasteiger partial charge in [0.25, 0.3) is 0 Å². The Bertz CT molecular complexity index is 154. The lowest BCUT2D eigenvalue weighted by Crippen LogP contribution is -2.34. The Kier molecular flexibility index (Phi) is 7.81. The number of hydrogen-bond acceptors (Lipinski definition) is 2. The van der Waals surface area contributed by atoms with Crippen LogP contribution in [-0.4, -0.2) is 37.6 Å². The van der Waals surface area contributed by atoms with Gasteiger partial charge < -0.3 is 5.32 Å². The molecule has 14 heavy (non-hydrogen) atoms. The molecule has 0 fully saturated rings. The molecule has 0 aromatic heterocycles. The van der Waals surface area contributed by atoms with Crippen molar-refractivity contribution in [2.45, 2.75) is 27.7 Å². The third kappa shape index (κ3) is 7.10. The Labute approximate surface area is 89.4 Å². The summed E-state index contributed by atoms with van der Waals surface area (Å²) in [6.45, 7) is 18.2. The third-order valence-electron chi connectivity index (χ3n) is 2.25. The van der Waals surface area contributed by atoms with Crippen molar-refractivity contribution < 1.29 is 0 Å². The fourth-order valence-electron chi connectivity index (χ4n) is 1.58. The zero-order chi connectivity index (χ0) is 11.0. The van der Waals surface area contributed by atoms with Crippen molar-refractivity contribution in [3.05, 3.63) is 12.2 Å². The summed E-state index contributed by atoms with van der Waals surface area (Å²) >= 11 is 0. The monoisotopic (exact) mass is 198 g/mol. The molecule has 0 saturated carbocycles. The summed E-state index contributed by atoms with van der Waals surface area (Å²) in [5, 5.41) is 3.38. The summed E-state index contributed by atoms with van der Waals surface area (Å²) in [5.41, 5.74) is 1.25. The van der Waals surface area contributed by atoms with E-state index in [1.54, 1.807) is 0 Å². The van der Waals surface area contributed by atoms with Crippen LogP contribution >= 0.6 is 0 Å². The average molecular weight is 198 g/mol. The third-order valence-corrected chi connectivity index (χ3v) is 2.25. The average Bonchev–Trinajstić information content (AvgIpc) is 2.12. The number of likely N-dealkylation sites (N-methyl/N-ethyl adjacent to an activating group) is 1. The second kappa shape index (κ2) is 8.01. The summed E-state index contributed by atoms with van der Waals surface area (Å²) < 4.78 is 0. The van der Waals surface area contributed by atoms with Gasteiger partial charge in [0.2, 0.25) is 0 Å². The van der Waals surface area contributed by atoms with Crippen LogP contribution in [-0.2, 0) is 0 Å². The van der Waals surface area contributed by atoms with Gasteiger partial charge in [-0.05, 0) is 32.5 Å². The second-order valence-electron chi connectivity index (χ2n) is 4.20. The summed E-state index contributed by atoms with van der Waals surface area (Å²) in [4.78, 5) is 2.45. The van der Waals surface area contributed by atoms with E-state index in [0.717, 1.165) is 32.7 Å². The maximum atomic E-state index is 3.96. The Morgan fingerprint density at radius 3 is 2.50 bits per heavy atom. The molecule has 2 heteroatoms. The number of rotatable bonds is 8. The molecule has 84 valence electrons. The fourth-order valence-corrected chi connectivity index (χ4v) is 1.58. The van der Waals surface area contributed by atoms with E-state index in [9.17, 15) is 0 Å². The number of hydrogen-bond donors (Lipinski definition) is 1. The second-order valence-corrected chi connectivity index (χ2v) is 4.20. The summed E-state index contributed by atoms with van der Waals surface area (Å²) in [6.07, 6.45) is 0. The zero-order valence-electron chi connectivity index (χ0n) is 10.3. The zero-order valence-corrected chi connectivity index (χ0v) is 10.3. The minimum atomic E-state index is 0.717. The van der Waals surface area contributed by atoms with E-state index in [0.29, 0.717) is 5.92 Å². The molecule has 0 aliphatic rings. The predicted molar refractivity (Wildman–Crippen MR) is 64.6 cm³/mol. The summed E-state index contributed by atoms with van der Waals surface area (Å²) in [5.74, 6) is 0.717. The van der Waals surface area contributed by atoms with Crippen molar-refractivity contribution in [3.8, 4) is 0 Å². The van der Waals surface area contributed by atoms with E-state index in [1.165, 1.54) is 5.57 Å². The quantitative estimate of drug-likeness (QED) is 0.601. The molecule has 0 rings (SSSR count). The van der Waals surface area contributed by atoms with Crippen LogP contribution in [0.3, 0.4) is 0 Å². The minimum Gasteiger partial charge on any atom is -0.317 e. The molecule has 1 atom stereocenters. The molecule has 1 unspecified atom stereocenters. The van der Waals surface area contributed by atoms with Crippen LogP contribution in [0.15, 0.2) is 12.2 Å². The van der Waals surface area contributed by atoms with E-state index in [4.69, 9.17) is 0 Å². The van der Waals surface area contributed by atoms with Gasteiger partial charge in [-0.2, -0.15) is 0 Å². The largest absolute Gasteiger partial charge is 0.317 e. The predicted octanol–water partition coefficient (Wildman–Crippen LogP) is 2.13. The van der Waals surface area contributed by atoms with Crippen LogP contribution in [0.2, 0.25) is 0 Å². The maximum absolute atomic E-state index is 3.96. The Balaban J connectivity index is 3.73. The normalized spacial score (nSPS) is 13.2. The minimum absolute atomic E-state index is 0.717. The van der Waals surface area contributed by atoms with Gasteiger partial charge in [0, 0.05) is 13.1 Å². The van der Waals surface area contributed by atoms with Crippen molar-refractivity contribution in [1.29, 1.82) is 0 Å². The van der Waals surface area contributed by atoms with E-state index < -0.39 is 0 Å². The Morgan fingerprint density at radius 2 is 2.07 bits per heavy atom. The molecule has 0 aliphatic carbocycles. The van der Waals surface area contributed by atoms with Crippen LogP contribution in [0.5, 0.6) is 0 Å². The van der Waals surface area contributed by atoms with Crippen LogP contribution in [0, 0.1) is 5.92 Å². The van der Waals surface area contributed by atoms with Crippen LogP contribution in [0.25, 0.3) is 0 Å². The van der Waals surface area contributed by atoms with Crippen molar-refractivity contribution in [2.24, 2.45) is 5.92 Å². The Hall–Kier alpha value is -0.340. The highest BCUT2D eigenvalue weighted by atomic mass is 15.1. The van der Waals surface area contributed by atoms with E-state index in [2.05, 4.69) is 44.5 Å². The van der Waals surface area contributed by atoms with Gasteiger partial charge in [-0.25, -0.2) is 0 Å². The highest BCUT2D eigenvalue weighted by Crippen LogP contribution is 2.01. The molecule has 0 aromatic rings. The Morgan fingerprint density at radius 1 is 1.43 bits per heavy atom. The van der Waals surface area contributed by atoms with Gasteiger partial charge in [-0.15, -0.1) is 0 Å². The molecule has 0 saturated heterocycles. The van der Waals surface area contributed by atoms with Gasteiger partial charge in [-0.1, -0.05) is 32.9 Å². The SMILES string of the molecule is C=C(C)CN(CC)CC(C)CNCC. The van der Waals surface area contributed by atoms with Crippen LogP contribution < -0.4 is 5.32 Å². The standard InChI is InChI=1S/C12H26N2/c1-6-13-8-12(5)10-14(7-2)9-11(3)4/h12-13H,3,6-10H2,1-2,4-5H3. The highest BCUT2D eigenvalue weighted by molar-refractivity contribution is 4.91. The lowest BCUT2D eigenvalue weighted by molar-refractivity contribution is 0.264. The van der Waals surface area contributed by atoms with Gasteiger partial charge in [0.1, 0.15) is 0 Å². The van der Waals surface area contributed by atoms with Gasteiger partial charge in [0.05, 0.1) is 0 Å². The molecular weight excluding hydrogens is 172 g/mol. The molecule has 0 radical (unpaired) electrons. The van der Waals surface area contributed by atoms with Crippen molar-refractivity contribution in [1.82, 2.24) is 10.2 Å². The van der Waals surface area contributed by atoms with Crippen molar-refractivity contribution in [3.63, 3.8) is 0 Å². The first kappa shape index (κ1) is 13.7. The molecule has 0 aliphatic heterocycles. The molecule has 0 aromatic carbocycles. The lowest BCUT2D eigenvalue weighted by Gasteiger charge is -2.24. The number of nitrogens with one attached hydrogen (secondary N) is 1. The number of nitrogens with zero attached hydrogens (tertiary/aromatic N) is 1. The van der Waals surface area contributed by atoms with Crippen LogP contribution in [0.1, 0.15) is 27.7 Å². The first-order valence-corrected chi connectivity index (χ1v) is 5.67. The highest BCUT2D eigenvalue weighted by Gasteiger charge is 2.07. The lowest BCUT2D eigenvalue weighted by atomic mass is 10.1. The van der Waals surface area contributed by atoms with E-state index >= 15 is 0 Å². The van der Waals surface area contributed by atoms with Crippen molar-refractivity contribution >= 4 is 0 Å². The molecule has 0 spiro atoms. The van der Waals surface area contributed by atoms with Crippen molar-refractivity contribution in [2.75, 3.05) is 32.7 Å². The van der Waals surface area contributed by atoms with Gasteiger partial charge in [0.15, 0.2) is 0 Å². The van der Waals surface area contributed by atoms with Gasteiger partial charge in [-0.3, -0.25) is 4.90 Å². The topological polar surface area (TPSA) is 15.3 Å². The van der Waals surface area contributed by atoms with E-state index in [1.807, 2.05) is 0 Å². The molecule has 0 heterocycles. The van der Waals surface area contributed by atoms with Crippen LogP contribution in [0.4, 0.5) is 0 Å².